The van der Waals surface area contributed by atoms with Crippen molar-refractivity contribution in [3.8, 4) is 6.07 Å². The van der Waals surface area contributed by atoms with Gasteiger partial charge in [0.25, 0.3) is 11.5 Å². The van der Waals surface area contributed by atoms with Gasteiger partial charge >= 0.3 is 5.97 Å². The number of halogens is 2. The van der Waals surface area contributed by atoms with Gasteiger partial charge in [0.05, 0.1) is 0 Å². The molecule has 0 fully saturated rings. The Bertz CT molecular complexity index is 1000. The van der Waals surface area contributed by atoms with Crippen LogP contribution in [0.1, 0.15) is 28.8 Å². The van der Waals surface area contributed by atoms with E-state index < -0.39 is 35.7 Å². The normalized spacial score (nSPS) is 10.2. The van der Waals surface area contributed by atoms with Gasteiger partial charge in [-0.1, -0.05) is 0 Å². The molecule has 0 radical (unpaired) electrons. The SMILES string of the molecule is Cc1[nH]c(=O)c(C#N)c(C)c1CCC(=O)OCC(=O)Nc1cc(F)cc(F)c1. The zero-order valence-electron chi connectivity index (χ0n) is 15.2. The van der Waals surface area contributed by atoms with E-state index in [0.29, 0.717) is 22.9 Å². The van der Waals surface area contributed by atoms with Gasteiger partial charge in [0, 0.05) is 23.9 Å². The highest BCUT2D eigenvalue weighted by Gasteiger charge is 2.15. The van der Waals surface area contributed by atoms with Crippen LogP contribution in [0, 0.1) is 36.8 Å². The number of aromatic nitrogens is 1. The summed E-state index contributed by atoms with van der Waals surface area (Å²) < 4.78 is 31.0. The number of hydrogen-bond acceptors (Lipinski definition) is 5. The lowest BCUT2D eigenvalue weighted by Gasteiger charge is -2.11. The predicted molar refractivity (Wildman–Crippen MR) is 95.5 cm³/mol. The molecule has 28 heavy (non-hydrogen) atoms. The fraction of sp³-hybridized carbons (Fsp3) is 0.263. The Kier molecular flexibility index (Phi) is 6.60. The third-order valence-electron chi connectivity index (χ3n) is 4.01. The van der Waals surface area contributed by atoms with Crippen LogP contribution < -0.4 is 10.9 Å². The minimum atomic E-state index is -0.851. The van der Waals surface area contributed by atoms with Crippen LogP contribution in [0.15, 0.2) is 23.0 Å². The number of aromatic amines is 1. The number of amides is 1. The van der Waals surface area contributed by atoms with E-state index in [2.05, 4.69) is 10.3 Å². The number of anilines is 1. The minimum Gasteiger partial charge on any atom is -0.456 e. The van der Waals surface area contributed by atoms with Crippen LogP contribution >= 0.6 is 0 Å². The quantitative estimate of drug-likeness (QED) is 0.736. The molecule has 0 aliphatic heterocycles. The fourth-order valence-electron chi connectivity index (χ4n) is 2.69. The molecule has 9 heteroatoms. The van der Waals surface area contributed by atoms with E-state index in [1.165, 1.54) is 0 Å². The molecular formula is C19H17F2N3O4. The summed E-state index contributed by atoms with van der Waals surface area (Å²) in [5, 5.41) is 11.3. The van der Waals surface area contributed by atoms with E-state index in [1.54, 1.807) is 13.8 Å². The molecule has 1 amide bonds. The smallest absolute Gasteiger partial charge is 0.306 e. The number of carbonyl (C=O) groups excluding carboxylic acids is 2. The van der Waals surface area contributed by atoms with Crippen molar-refractivity contribution in [2.24, 2.45) is 0 Å². The van der Waals surface area contributed by atoms with Crippen LogP contribution in [0.3, 0.4) is 0 Å². The number of rotatable bonds is 6. The van der Waals surface area contributed by atoms with E-state index in [1.807, 2.05) is 6.07 Å². The van der Waals surface area contributed by atoms with Crippen LogP contribution in [0.2, 0.25) is 0 Å². The summed E-state index contributed by atoms with van der Waals surface area (Å²) in [6.07, 6.45) is 0.124. The number of hydrogen-bond donors (Lipinski definition) is 2. The molecule has 0 aliphatic carbocycles. The minimum absolute atomic E-state index is 0.0179. The highest BCUT2D eigenvalue weighted by molar-refractivity contribution is 5.92. The third-order valence-corrected chi connectivity index (χ3v) is 4.01. The van der Waals surface area contributed by atoms with Gasteiger partial charge in [0.15, 0.2) is 6.61 Å². The number of benzene rings is 1. The van der Waals surface area contributed by atoms with E-state index in [-0.39, 0.29) is 24.1 Å². The number of aryl methyl sites for hydroxylation is 1. The molecule has 0 saturated carbocycles. The largest absolute Gasteiger partial charge is 0.456 e. The topological polar surface area (TPSA) is 112 Å². The molecule has 1 aromatic heterocycles. The maximum Gasteiger partial charge on any atom is 0.306 e. The molecule has 2 aromatic rings. The number of nitrogens with zero attached hydrogens (tertiary/aromatic N) is 1. The lowest BCUT2D eigenvalue weighted by molar-refractivity contribution is -0.147. The van der Waals surface area contributed by atoms with Crippen LogP contribution in [0.4, 0.5) is 14.5 Å². The van der Waals surface area contributed by atoms with Gasteiger partial charge in [-0.15, -0.1) is 0 Å². The maximum atomic E-state index is 13.1. The molecule has 0 bridgehead atoms. The summed E-state index contributed by atoms with van der Waals surface area (Å²) >= 11 is 0. The predicted octanol–water partition coefficient (Wildman–Crippen LogP) is 2.26. The molecule has 1 aromatic carbocycles. The Labute approximate surface area is 158 Å². The zero-order chi connectivity index (χ0) is 20.8. The maximum absolute atomic E-state index is 13.1. The first kappa shape index (κ1) is 20.8. The summed E-state index contributed by atoms with van der Waals surface area (Å²) in [6, 6.07) is 4.34. The number of ether oxygens (including phenoxy) is 1. The lowest BCUT2D eigenvalue weighted by Crippen LogP contribution is -2.21. The first-order valence-electron chi connectivity index (χ1n) is 8.25. The standard InChI is InChI=1S/C19H17F2N3O4/c1-10-15(11(2)23-19(27)16(10)8-22)3-4-18(26)28-9-17(25)24-14-6-12(20)5-13(21)7-14/h5-7H,3-4,9H2,1-2H3,(H,23,27)(H,24,25). The van der Waals surface area contributed by atoms with E-state index in [4.69, 9.17) is 10.00 Å². The van der Waals surface area contributed by atoms with Crippen molar-refractivity contribution in [3.05, 3.63) is 62.6 Å². The second kappa shape index (κ2) is 8.90. The molecular weight excluding hydrogens is 372 g/mol. The number of H-pyrrole nitrogens is 1. The average molecular weight is 389 g/mol. The monoisotopic (exact) mass is 389 g/mol. The van der Waals surface area contributed by atoms with Crippen LogP contribution in [0.25, 0.3) is 0 Å². The second-order valence-corrected chi connectivity index (χ2v) is 6.04. The van der Waals surface area contributed by atoms with Crippen LogP contribution in [-0.4, -0.2) is 23.5 Å². The van der Waals surface area contributed by atoms with Gasteiger partial charge in [0.1, 0.15) is 23.3 Å². The van der Waals surface area contributed by atoms with Gasteiger partial charge in [-0.2, -0.15) is 5.26 Å². The highest BCUT2D eigenvalue weighted by atomic mass is 19.1. The summed E-state index contributed by atoms with van der Waals surface area (Å²) in [5.74, 6) is -3.13. The molecule has 0 spiro atoms. The fourth-order valence-corrected chi connectivity index (χ4v) is 2.69. The molecule has 0 atom stereocenters. The Hall–Kier alpha value is -3.54. The van der Waals surface area contributed by atoms with Crippen molar-refractivity contribution < 1.29 is 23.1 Å². The van der Waals surface area contributed by atoms with Gasteiger partial charge in [-0.3, -0.25) is 14.4 Å². The molecule has 7 nitrogen and oxygen atoms in total. The van der Waals surface area contributed by atoms with Gasteiger partial charge in [-0.25, -0.2) is 8.78 Å². The van der Waals surface area contributed by atoms with E-state index in [9.17, 15) is 23.2 Å². The van der Waals surface area contributed by atoms with Crippen molar-refractivity contribution in [2.45, 2.75) is 26.7 Å². The molecule has 0 aliphatic rings. The zero-order valence-corrected chi connectivity index (χ0v) is 15.2. The van der Waals surface area contributed by atoms with Gasteiger partial charge < -0.3 is 15.0 Å². The van der Waals surface area contributed by atoms with Crippen molar-refractivity contribution in [1.29, 1.82) is 5.26 Å². The summed E-state index contributed by atoms with van der Waals surface area (Å²) in [6.45, 7) is 2.65. The number of esters is 1. The van der Waals surface area contributed by atoms with Crippen molar-refractivity contribution in [3.63, 3.8) is 0 Å². The Morgan fingerprint density at radius 3 is 2.46 bits per heavy atom. The highest BCUT2D eigenvalue weighted by Crippen LogP contribution is 2.15. The summed E-state index contributed by atoms with van der Waals surface area (Å²) in [4.78, 5) is 37.8. The molecule has 0 saturated heterocycles. The molecule has 146 valence electrons. The Balaban J connectivity index is 1.90. The van der Waals surface area contributed by atoms with Crippen molar-refractivity contribution >= 4 is 17.6 Å². The first-order valence-corrected chi connectivity index (χ1v) is 8.25. The molecule has 2 N–H and O–H groups in total. The van der Waals surface area contributed by atoms with Crippen molar-refractivity contribution in [1.82, 2.24) is 4.98 Å². The van der Waals surface area contributed by atoms with Gasteiger partial charge in [0.2, 0.25) is 0 Å². The summed E-state index contributed by atoms with van der Waals surface area (Å²) in [5.41, 5.74) is 1.07. The van der Waals surface area contributed by atoms with E-state index >= 15 is 0 Å². The molecule has 0 unspecified atom stereocenters. The average Bonchev–Trinajstić information content (AvgIpc) is 2.59. The molecule has 2 rings (SSSR count). The molecule has 1 heterocycles. The van der Waals surface area contributed by atoms with Crippen molar-refractivity contribution in [2.75, 3.05) is 11.9 Å². The number of pyridine rings is 1. The van der Waals surface area contributed by atoms with Crippen LogP contribution in [0.5, 0.6) is 0 Å². The number of nitriles is 1. The lowest BCUT2D eigenvalue weighted by atomic mass is 9.99. The second-order valence-electron chi connectivity index (χ2n) is 6.04. The first-order chi connectivity index (χ1) is 13.2. The number of nitrogens with one attached hydrogen (secondary N) is 2. The Morgan fingerprint density at radius 1 is 1.21 bits per heavy atom. The van der Waals surface area contributed by atoms with Crippen LogP contribution in [-0.2, 0) is 20.7 Å². The third kappa shape index (κ3) is 5.23. The Morgan fingerprint density at radius 2 is 1.86 bits per heavy atom. The van der Waals surface area contributed by atoms with Gasteiger partial charge in [-0.05, 0) is 43.5 Å². The number of carbonyl (C=O) groups is 2. The summed E-state index contributed by atoms with van der Waals surface area (Å²) in [7, 11) is 0. The van der Waals surface area contributed by atoms with E-state index in [0.717, 1.165) is 12.1 Å².